The smallest absolute Gasteiger partial charge is 0.414 e. The van der Waals surface area contributed by atoms with Crippen LogP contribution in [0.2, 0.25) is 0 Å². The van der Waals surface area contributed by atoms with Crippen LogP contribution in [0.25, 0.3) is 11.0 Å². The lowest BCUT2D eigenvalue weighted by Crippen LogP contribution is -2.44. The molecule has 11 heteroatoms. The maximum Gasteiger partial charge on any atom is 0.414 e. The zero-order valence-electron chi connectivity index (χ0n) is 26.4. The number of likely N-dealkylation sites (N-methyl/N-ethyl adjacent to an activating group) is 1. The molecule has 0 saturated carbocycles. The number of pyridine rings is 1. The van der Waals surface area contributed by atoms with Crippen LogP contribution in [0.15, 0.2) is 89.9 Å². The van der Waals surface area contributed by atoms with Gasteiger partial charge in [0.15, 0.2) is 6.54 Å². The number of benzene rings is 3. The highest BCUT2D eigenvalue weighted by atomic mass is 16.6. The van der Waals surface area contributed by atoms with Crippen molar-refractivity contribution in [3.05, 3.63) is 107 Å². The van der Waals surface area contributed by atoms with Crippen molar-refractivity contribution in [2.45, 2.75) is 26.5 Å². The summed E-state index contributed by atoms with van der Waals surface area (Å²) in [5.74, 6) is 1.14. The molecule has 0 fully saturated rings. The van der Waals surface area contributed by atoms with Gasteiger partial charge in [0.1, 0.15) is 37.0 Å². The van der Waals surface area contributed by atoms with Crippen molar-refractivity contribution >= 4 is 52.0 Å². The fourth-order valence-corrected chi connectivity index (χ4v) is 6.07. The number of fused-ring (bicyclic) bond motifs is 4. The van der Waals surface area contributed by atoms with Crippen LogP contribution in [0.3, 0.4) is 0 Å². The molecule has 2 aliphatic rings. The van der Waals surface area contributed by atoms with Crippen molar-refractivity contribution in [2.24, 2.45) is 0 Å². The van der Waals surface area contributed by atoms with Crippen molar-refractivity contribution in [1.82, 2.24) is 14.5 Å². The molecule has 11 nitrogen and oxygen atoms in total. The summed E-state index contributed by atoms with van der Waals surface area (Å²) in [7, 11) is 1.99. The molecule has 2 aromatic heterocycles. The summed E-state index contributed by atoms with van der Waals surface area (Å²) in [6.07, 6.45) is 4.12. The Kier molecular flexibility index (Phi) is 8.26. The van der Waals surface area contributed by atoms with Crippen molar-refractivity contribution in [3.63, 3.8) is 0 Å². The van der Waals surface area contributed by atoms with Crippen molar-refractivity contribution in [3.8, 4) is 5.75 Å². The fraction of sp³-hybridized carbons (Fsp3) is 0.250. The van der Waals surface area contributed by atoms with Gasteiger partial charge in [0.2, 0.25) is 5.95 Å². The molecular formula is C36H36N7O4+. The molecule has 1 N–H and O–H groups in total. The molecule has 1 amide bonds. The van der Waals surface area contributed by atoms with E-state index in [0.717, 1.165) is 45.7 Å². The molecule has 4 heterocycles. The largest absolute Gasteiger partial charge is 0.493 e. The molecule has 0 aliphatic carbocycles. The average Bonchev–Trinajstić information content (AvgIpc) is 3.09. The number of carbonyl (C=O) groups is 1. The van der Waals surface area contributed by atoms with Gasteiger partial charge in [-0.1, -0.05) is 48.5 Å². The van der Waals surface area contributed by atoms with E-state index in [9.17, 15) is 9.59 Å². The van der Waals surface area contributed by atoms with Crippen LogP contribution in [0.4, 0.5) is 33.5 Å². The van der Waals surface area contributed by atoms with E-state index in [-0.39, 0.29) is 12.2 Å². The van der Waals surface area contributed by atoms with Gasteiger partial charge in [-0.15, -0.1) is 0 Å². The Balaban J connectivity index is 1.27. The van der Waals surface area contributed by atoms with Crippen LogP contribution in [0, 0.1) is 6.92 Å². The van der Waals surface area contributed by atoms with E-state index < -0.39 is 6.09 Å². The van der Waals surface area contributed by atoms with Crippen LogP contribution < -0.4 is 25.4 Å². The number of rotatable bonds is 3. The molecule has 2 aliphatic heterocycles. The lowest BCUT2D eigenvalue weighted by atomic mass is 10.1. The zero-order valence-corrected chi connectivity index (χ0v) is 26.4. The highest BCUT2D eigenvalue weighted by molar-refractivity contribution is 5.97. The minimum atomic E-state index is -0.424. The standard InChI is InChI=1S/C36H35N7O4/c1-25-9-6-14-30-32(25)42(36(45)47-24-26-10-4-3-5-11-26)19-18-41(30)31-21-27-23-37-35-38-28-12-7-13-29(22-28)46-20-8-15-40(2)16-17-43(34(31)44)33(27)39-35/h3-7,9-15,21-23H,8,16-20,24H2,1-2H3/p+1/b40-15+. The first-order valence-corrected chi connectivity index (χ1v) is 15.7. The molecule has 47 heavy (non-hydrogen) atoms. The number of para-hydroxylation sites is 1. The number of amides is 1. The van der Waals surface area contributed by atoms with Crippen molar-refractivity contribution in [1.29, 1.82) is 0 Å². The number of hydrogen-bond acceptors (Lipinski definition) is 8. The molecule has 3 aromatic carbocycles. The molecule has 0 radical (unpaired) electrons. The van der Waals surface area contributed by atoms with E-state index in [1.165, 1.54) is 0 Å². The average molecular weight is 631 g/mol. The van der Waals surface area contributed by atoms with E-state index in [4.69, 9.17) is 14.5 Å². The van der Waals surface area contributed by atoms with Crippen molar-refractivity contribution in [2.75, 3.05) is 48.4 Å². The summed E-state index contributed by atoms with van der Waals surface area (Å²) < 4.78 is 15.5. The molecular weight excluding hydrogens is 594 g/mol. The van der Waals surface area contributed by atoms with Crippen molar-refractivity contribution < 1.29 is 18.8 Å². The fourth-order valence-electron chi connectivity index (χ4n) is 6.07. The molecule has 238 valence electrons. The third-order valence-corrected chi connectivity index (χ3v) is 8.44. The normalized spacial score (nSPS) is 15.8. The highest BCUT2D eigenvalue weighted by Crippen LogP contribution is 2.40. The van der Waals surface area contributed by atoms with Gasteiger partial charge in [0.25, 0.3) is 5.56 Å². The number of carbonyl (C=O) groups excluding carboxylic acids is 1. The topological polar surface area (TPSA) is 105 Å². The molecule has 0 spiro atoms. The number of hydrogen-bond donors (Lipinski definition) is 1. The van der Waals surface area contributed by atoms with Crippen LogP contribution >= 0.6 is 0 Å². The number of ether oxygens (including phenoxy) is 2. The predicted molar refractivity (Wildman–Crippen MR) is 183 cm³/mol. The maximum absolute atomic E-state index is 14.4. The monoisotopic (exact) mass is 630 g/mol. The molecule has 0 atom stereocenters. The lowest BCUT2D eigenvalue weighted by molar-refractivity contribution is -0.495. The molecule has 5 aromatic rings. The first-order valence-electron chi connectivity index (χ1n) is 15.7. The Labute approximate surface area is 272 Å². The Morgan fingerprint density at radius 3 is 2.72 bits per heavy atom. The number of anilines is 5. The summed E-state index contributed by atoms with van der Waals surface area (Å²) >= 11 is 0. The lowest BCUT2D eigenvalue weighted by Gasteiger charge is -2.38. The predicted octanol–water partition coefficient (Wildman–Crippen LogP) is 5.63. The third-order valence-electron chi connectivity index (χ3n) is 8.44. The van der Waals surface area contributed by atoms with E-state index in [0.29, 0.717) is 50.1 Å². The molecule has 7 rings (SSSR count). The SMILES string of the molecule is Cc1cccc2c1N(C(=O)OCc1ccccc1)CCN2c1cc2cnc3nc2n(c1=O)CC/[N+](C)=C/CCOc1cccc(c1)N3. The Hall–Kier alpha value is -5.71. The summed E-state index contributed by atoms with van der Waals surface area (Å²) in [4.78, 5) is 40.9. The number of nitrogens with one attached hydrogen (secondary N) is 1. The van der Waals surface area contributed by atoms with E-state index >= 15 is 0 Å². The second-order valence-electron chi connectivity index (χ2n) is 11.7. The summed E-state index contributed by atoms with van der Waals surface area (Å²) in [5, 5.41) is 4.00. The Morgan fingerprint density at radius 1 is 1.00 bits per heavy atom. The van der Waals surface area contributed by atoms with Crippen LogP contribution in [-0.2, 0) is 17.9 Å². The summed E-state index contributed by atoms with van der Waals surface area (Å²) in [6, 6.07) is 25.0. The molecule has 0 saturated heterocycles. The van der Waals surface area contributed by atoms with Crippen LogP contribution in [0.5, 0.6) is 5.75 Å². The first-order chi connectivity index (χ1) is 22.9. The molecule has 0 unspecified atom stereocenters. The summed E-state index contributed by atoms with van der Waals surface area (Å²) in [6.45, 7) is 4.43. The van der Waals surface area contributed by atoms with Gasteiger partial charge in [-0.25, -0.2) is 14.4 Å². The zero-order chi connectivity index (χ0) is 32.3. The quantitative estimate of drug-likeness (QED) is 0.256. The second kappa shape index (κ2) is 13.0. The van der Waals surface area contributed by atoms with Gasteiger partial charge >= 0.3 is 6.09 Å². The minimum Gasteiger partial charge on any atom is -0.493 e. The first kappa shape index (κ1) is 30.0. The van der Waals surface area contributed by atoms with Gasteiger partial charge in [-0.2, -0.15) is 4.98 Å². The highest BCUT2D eigenvalue weighted by Gasteiger charge is 2.32. The minimum absolute atomic E-state index is 0.169. The van der Waals surface area contributed by atoms with Gasteiger partial charge < -0.3 is 19.7 Å². The van der Waals surface area contributed by atoms with E-state index in [1.54, 1.807) is 15.7 Å². The van der Waals surface area contributed by atoms with Gasteiger partial charge in [0, 0.05) is 36.4 Å². The van der Waals surface area contributed by atoms with Gasteiger partial charge in [-0.3, -0.25) is 14.3 Å². The van der Waals surface area contributed by atoms with E-state index in [2.05, 4.69) is 21.1 Å². The van der Waals surface area contributed by atoms with E-state index in [1.807, 2.05) is 97.7 Å². The third kappa shape index (κ3) is 6.24. The number of nitrogens with zero attached hydrogens (tertiary/aromatic N) is 6. The number of aryl methyl sites for hydroxylation is 1. The maximum atomic E-state index is 14.4. The Morgan fingerprint density at radius 2 is 1.85 bits per heavy atom. The summed E-state index contributed by atoms with van der Waals surface area (Å²) in [5.41, 5.74) is 4.97. The van der Waals surface area contributed by atoms with Crippen LogP contribution in [-0.4, -0.2) is 64.7 Å². The van der Waals surface area contributed by atoms with Gasteiger partial charge in [0.05, 0.1) is 30.9 Å². The molecule has 4 bridgehead atoms. The Bertz CT molecular complexity index is 2040. The second-order valence-corrected chi connectivity index (χ2v) is 11.7. The van der Waals surface area contributed by atoms with Gasteiger partial charge in [-0.05, 0) is 42.3 Å². The number of aromatic nitrogens is 3. The van der Waals surface area contributed by atoms with Crippen LogP contribution in [0.1, 0.15) is 17.5 Å².